The Kier molecular flexibility index (Phi) is 16.9. The number of nitrogens with one attached hydrogen (secondary N) is 2. The predicted octanol–water partition coefficient (Wildman–Crippen LogP) is 0.897. The number of ether oxygens (including phenoxy) is 6. The maximum absolute atomic E-state index is 11.8. The van der Waals surface area contributed by atoms with Crippen LogP contribution in [0.25, 0.3) is 0 Å². The molecule has 2 fully saturated rings. The molecule has 2 saturated heterocycles. The lowest BCUT2D eigenvalue weighted by molar-refractivity contribution is -0.145. The molecule has 220 valence electrons. The summed E-state index contributed by atoms with van der Waals surface area (Å²) in [5, 5.41) is 7.25. The van der Waals surface area contributed by atoms with Crippen molar-refractivity contribution in [2.24, 2.45) is 0 Å². The fourth-order valence-electron chi connectivity index (χ4n) is 3.78. The van der Waals surface area contributed by atoms with Crippen molar-refractivity contribution in [2.45, 2.75) is 43.0 Å². The minimum Gasteiger partial charge on any atom is -0.463 e. The highest BCUT2D eigenvalue weighted by Gasteiger charge is 2.42. The molecule has 2 aliphatic rings. The van der Waals surface area contributed by atoms with Crippen molar-refractivity contribution in [3.05, 3.63) is 12.0 Å². The molecule has 2 rings (SSSR count). The molecule has 0 radical (unpaired) electrons. The fraction of sp³-hybridized carbons (Fsp3) is 0.833. The minimum atomic E-state index is -3.22. The number of esters is 1. The summed E-state index contributed by atoms with van der Waals surface area (Å²) in [5.41, 5.74) is 0. The summed E-state index contributed by atoms with van der Waals surface area (Å²) >= 11 is 1.88. The number of urea groups is 1. The topological polar surface area (TPSA) is 148 Å². The predicted molar refractivity (Wildman–Crippen MR) is 143 cm³/mol. The third-order valence-electron chi connectivity index (χ3n) is 5.80. The zero-order chi connectivity index (χ0) is 27.5. The second kappa shape index (κ2) is 19.6. The molecule has 3 atom stereocenters. The van der Waals surface area contributed by atoms with Crippen LogP contribution in [-0.2, 0) is 43.1 Å². The number of hydrogen-bond acceptors (Lipinski definition) is 11. The van der Waals surface area contributed by atoms with Gasteiger partial charge in [-0.25, -0.2) is 13.2 Å². The molecule has 2 aliphatic heterocycles. The molecular weight excluding hydrogens is 540 g/mol. The molecule has 0 aromatic heterocycles. The van der Waals surface area contributed by atoms with Crippen LogP contribution in [0.15, 0.2) is 12.0 Å². The number of carbonyl (C=O) groups is 2. The largest absolute Gasteiger partial charge is 0.463 e. The molecule has 2 amide bonds. The summed E-state index contributed by atoms with van der Waals surface area (Å²) in [4.78, 5) is 23.2. The summed E-state index contributed by atoms with van der Waals surface area (Å²) in [5.74, 6) is 0.645. The SMILES string of the molecule is C=CS(=O)(=O)CCOCCOCCOCCOCCOCCOC(=O)CCCCC1SCC2NC(=O)NC21. The molecule has 0 bridgehead atoms. The Balaban J connectivity index is 1.25. The van der Waals surface area contributed by atoms with Crippen LogP contribution in [0.2, 0.25) is 0 Å². The van der Waals surface area contributed by atoms with Gasteiger partial charge in [-0.2, -0.15) is 11.8 Å². The Morgan fingerprint density at radius 3 is 2.00 bits per heavy atom. The van der Waals surface area contributed by atoms with Crippen molar-refractivity contribution < 1.29 is 46.4 Å². The van der Waals surface area contributed by atoms with Gasteiger partial charge in [0, 0.05) is 22.8 Å². The molecular formula is C24H42N2O10S2. The van der Waals surface area contributed by atoms with Crippen LogP contribution in [0, 0.1) is 0 Å². The van der Waals surface area contributed by atoms with E-state index in [0.717, 1.165) is 30.4 Å². The fourth-order valence-corrected chi connectivity index (χ4v) is 5.85. The Morgan fingerprint density at radius 1 is 0.868 bits per heavy atom. The highest BCUT2D eigenvalue weighted by Crippen LogP contribution is 2.33. The van der Waals surface area contributed by atoms with E-state index in [1.807, 2.05) is 11.8 Å². The first-order valence-corrected chi connectivity index (χ1v) is 15.8. The Labute approximate surface area is 229 Å². The lowest BCUT2D eigenvalue weighted by Crippen LogP contribution is -2.36. The lowest BCUT2D eigenvalue weighted by Gasteiger charge is -2.16. The summed E-state index contributed by atoms with van der Waals surface area (Å²) in [6.45, 7) is 7.10. The summed E-state index contributed by atoms with van der Waals surface area (Å²) in [6, 6.07) is 0.360. The second-order valence-electron chi connectivity index (χ2n) is 8.68. The van der Waals surface area contributed by atoms with Gasteiger partial charge < -0.3 is 39.1 Å². The van der Waals surface area contributed by atoms with E-state index >= 15 is 0 Å². The standard InChI is InChI=1S/C24H42N2O10S2/c1-2-38(29,30)18-17-35-14-13-33-10-9-31-7-8-32-11-12-34-15-16-36-22(27)6-4-3-5-21-23-20(19-37-21)25-24(28)26-23/h2,20-21,23H,1,3-19H2,(H2,25,26,28). The molecule has 14 heteroatoms. The van der Waals surface area contributed by atoms with Gasteiger partial charge in [0.1, 0.15) is 6.61 Å². The van der Waals surface area contributed by atoms with Gasteiger partial charge in [0.05, 0.1) is 83.9 Å². The number of rotatable bonds is 24. The maximum Gasteiger partial charge on any atom is 0.315 e. The van der Waals surface area contributed by atoms with Gasteiger partial charge >= 0.3 is 12.0 Å². The van der Waals surface area contributed by atoms with E-state index in [1.165, 1.54) is 0 Å². The van der Waals surface area contributed by atoms with Crippen molar-refractivity contribution in [1.82, 2.24) is 10.6 Å². The molecule has 0 aromatic carbocycles. The monoisotopic (exact) mass is 582 g/mol. The Hall–Kier alpha value is -1.42. The van der Waals surface area contributed by atoms with E-state index in [1.54, 1.807) is 0 Å². The number of thioether (sulfide) groups is 1. The molecule has 2 heterocycles. The smallest absolute Gasteiger partial charge is 0.315 e. The van der Waals surface area contributed by atoms with Crippen LogP contribution in [0.5, 0.6) is 0 Å². The van der Waals surface area contributed by atoms with Gasteiger partial charge in [-0.1, -0.05) is 13.0 Å². The van der Waals surface area contributed by atoms with E-state index in [0.29, 0.717) is 71.1 Å². The van der Waals surface area contributed by atoms with Crippen LogP contribution in [0.4, 0.5) is 4.79 Å². The van der Waals surface area contributed by atoms with Gasteiger partial charge in [0.25, 0.3) is 0 Å². The molecule has 3 unspecified atom stereocenters. The van der Waals surface area contributed by atoms with Crippen molar-refractivity contribution in [3.63, 3.8) is 0 Å². The highest BCUT2D eigenvalue weighted by molar-refractivity contribution is 8.00. The van der Waals surface area contributed by atoms with Crippen molar-refractivity contribution in [1.29, 1.82) is 0 Å². The summed E-state index contributed by atoms with van der Waals surface area (Å²) < 4.78 is 54.3. The molecule has 12 nitrogen and oxygen atoms in total. The minimum absolute atomic E-state index is 0.0754. The molecule has 0 aromatic rings. The number of fused-ring (bicyclic) bond motifs is 1. The third kappa shape index (κ3) is 14.7. The second-order valence-corrected chi connectivity index (χ2v) is 12.0. The quantitative estimate of drug-likeness (QED) is 0.0950. The molecule has 0 saturated carbocycles. The van der Waals surface area contributed by atoms with Gasteiger partial charge in [-0.05, 0) is 12.8 Å². The third-order valence-corrected chi connectivity index (χ3v) is 8.55. The number of unbranched alkanes of at least 4 members (excludes halogenated alkanes) is 1. The maximum atomic E-state index is 11.8. The van der Waals surface area contributed by atoms with E-state index < -0.39 is 9.84 Å². The van der Waals surface area contributed by atoms with E-state index in [9.17, 15) is 18.0 Å². The number of sulfone groups is 1. The zero-order valence-electron chi connectivity index (χ0n) is 21.9. The zero-order valence-corrected chi connectivity index (χ0v) is 23.6. The van der Waals surface area contributed by atoms with Crippen molar-refractivity contribution in [3.8, 4) is 0 Å². The first kappa shape index (κ1) is 32.8. The summed E-state index contributed by atoms with van der Waals surface area (Å²) in [6.07, 6.45) is 3.07. The van der Waals surface area contributed by atoms with Gasteiger partial charge in [0.2, 0.25) is 0 Å². The average Bonchev–Trinajstić information content (AvgIpc) is 3.45. The first-order chi connectivity index (χ1) is 18.4. The van der Waals surface area contributed by atoms with Crippen molar-refractivity contribution >= 4 is 33.6 Å². The van der Waals surface area contributed by atoms with Crippen LogP contribution in [0.1, 0.15) is 25.7 Å². The number of carbonyl (C=O) groups excluding carboxylic acids is 2. The Morgan fingerprint density at radius 2 is 1.42 bits per heavy atom. The van der Waals surface area contributed by atoms with E-state index in [-0.39, 0.29) is 43.1 Å². The average molecular weight is 583 g/mol. The normalized spacial score (nSPS) is 20.6. The van der Waals surface area contributed by atoms with Gasteiger partial charge in [-0.15, -0.1) is 0 Å². The van der Waals surface area contributed by atoms with E-state index in [4.69, 9.17) is 28.4 Å². The molecule has 2 N–H and O–H groups in total. The van der Waals surface area contributed by atoms with Crippen molar-refractivity contribution in [2.75, 3.05) is 84.2 Å². The molecule has 38 heavy (non-hydrogen) atoms. The lowest BCUT2D eigenvalue weighted by atomic mass is 10.0. The number of hydrogen-bond donors (Lipinski definition) is 2. The summed E-state index contributed by atoms with van der Waals surface area (Å²) in [7, 11) is -3.22. The molecule has 0 aliphatic carbocycles. The van der Waals surface area contributed by atoms with E-state index in [2.05, 4.69) is 17.2 Å². The van der Waals surface area contributed by atoms with Crippen LogP contribution < -0.4 is 10.6 Å². The van der Waals surface area contributed by atoms with Gasteiger partial charge in [-0.3, -0.25) is 4.79 Å². The first-order valence-electron chi connectivity index (χ1n) is 13.0. The highest BCUT2D eigenvalue weighted by atomic mass is 32.2. The van der Waals surface area contributed by atoms with Gasteiger partial charge in [0.15, 0.2) is 9.84 Å². The molecule has 0 spiro atoms. The van der Waals surface area contributed by atoms with Crippen LogP contribution >= 0.6 is 11.8 Å². The number of amides is 2. The Bertz CT molecular complexity index is 799. The van der Waals surface area contributed by atoms with Crippen LogP contribution in [-0.4, -0.2) is 122 Å². The van der Waals surface area contributed by atoms with Crippen LogP contribution in [0.3, 0.4) is 0 Å².